The van der Waals surface area contributed by atoms with Gasteiger partial charge in [-0.05, 0) is 13.3 Å². The lowest BCUT2D eigenvalue weighted by molar-refractivity contribution is 0.152. The summed E-state index contributed by atoms with van der Waals surface area (Å²) < 4.78 is 19.5. The summed E-state index contributed by atoms with van der Waals surface area (Å²) in [6.07, 6.45) is 2.44. The third kappa shape index (κ3) is 2.41. The number of aryl methyl sites for hydroxylation is 1. The van der Waals surface area contributed by atoms with Crippen molar-refractivity contribution in [2.24, 2.45) is 0 Å². The molecule has 0 radical (unpaired) electrons. The van der Waals surface area contributed by atoms with E-state index in [-0.39, 0.29) is 10.7 Å². The Balaban J connectivity index is 2.16. The molecule has 3 rings (SSSR count). The molecule has 0 bridgehead atoms. The number of nitrogens with zero attached hydrogens (tertiary/aromatic N) is 4. The predicted octanol–water partition coefficient (Wildman–Crippen LogP) is 2.35. The molecule has 0 aliphatic carbocycles. The number of pyridine rings is 1. The van der Waals surface area contributed by atoms with Crippen molar-refractivity contribution in [2.45, 2.75) is 13.3 Å². The summed E-state index contributed by atoms with van der Waals surface area (Å²) in [7, 11) is 0. The highest BCUT2D eigenvalue weighted by atomic mass is 35.5. The average molecular weight is 297 g/mol. The maximum Gasteiger partial charge on any atom is 0.186 e. The van der Waals surface area contributed by atoms with Crippen LogP contribution in [0.4, 0.5) is 10.2 Å². The normalized spacial score (nSPS) is 16.4. The Bertz CT molecular complexity index is 644. The van der Waals surface area contributed by atoms with Crippen molar-refractivity contribution in [1.82, 2.24) is 15.0 Å². The summed E-state index contributed by atoms with van der Waals surface area (Å²) in [6.45, 7) is 4.64. The van der Waals surface area contributed by atoms with Crippen LogP contribution in [0.2, 0.25) is 5.15 Å². The fourth-order valence-corrected chi connectivity index (χ4v) is 2.47. The topological polar surface area (TPSA) is 51.1 Å². The molecule has 1 saturated heterocycles. The predicted molar refractivity (Wildman–Crippen MR) is 74.7 cm³/mol. The third-order valence-corrected chi connectivity index (χ3v) is 3.52. The highest BCUT2D eigenvalue weighted by Crippen LogP contribution is 2.28. The molecule has 0 aromatic carbocycles. The quantitative estimate of drug-likeness (QED) is 0.756. The van der Waals surface area contributed by atoms with Crippen molar-refractivity contribution in [2.75, 3.05) is 31.2 Å². The van der Waals surface area contributed by atoms with Crippen LogP contribution in [0.15, 0.2) is 6.20 Å². The number of hydrogen-bond donors (Lipinski definition) is 0. The van der Waals surface area contributed by atoms with Gasteiger partial charge in [0.25, 0.3) is 0 Å². The van der Waals surface area contributed by atoms with E-state index in [1.54, 1.807) is 6.92 Å². The number of halogens is 2. The van der Waals surface area contributed by atoms with Crippen LogP contribution in [0.1, 0.15) is 12.2 Å². The molecule has 0 atom stereocenters. The molecule has 0 saturated carbocycles. The van der Waals surface area contributed by atoms with E-state index in [4.69, 9.17) is 16.3 Å². The first kappa shape index (κ1) is 13.5. The van der Waals surface area contributed by atoms with Crippen LogP contribution in [0, 0.1) is 12.7 Å². The lowest BCUT2D eigenvalue weighted by Gasteiger charge is -2.22. The van der Waals surface area contributed by atoms with E-state index < -0.39 is 5.82 Å². The van der Waals surface area contributed by atoms with Crippen molar-refractivity contribution in [3.8, 4) is 0 Å². The lowest BCUT2D eigenvalue weighted by atomic mass is 10.2. The number of rotatable bonds is 1. The summed E-state index contributed by atoms with van der Waals surface area (Å²) in [4.78, 5) is 14.5. The smallest absolute Gasteiger partial charge is 0.186 e. The van der Waals surface area contributed by atoms with Crippen molar-refractivity contribution in [3.05, 3.63) is 23.0 Å². The van der Waals surface area contributed by atoms with Crippen molar-refractivity contribution in [3.63, 3.8) is 0 Å². The highest BCUT2D eigenvalue weighted by molar-refractivity contribution is 6.30. The summed E-state index contributed by atoms with van der Waals surface area (Å²) >= 11 is 5.72. The number of anilines is 1. The van der Waals surface area contributed by atoms with Gasteiger partial charge in [-0.3, -0.25) is 0 Å². The van der Waals surface area contributed by atoms with Crippen LogP contribution in [0.25, 0.3) is 10.9 Å². The van der Waals surface area contributed by atoms with E-state index >= 15 is 0 Å². The Kier molecular flexibility index (Phi) is 3.67. The van der Waals surface area contributed by atoms with Crippen LogP contribution >= 0.6 is 11.6 Å². The van der Waals surface area contributed by atoms with Gasteiger partial charge in [0, 0.05) is 25.9 Å². The molecule has 2 aromatic rings. The largest absolute Gasteiger partial charge is 0.380 e. The van der Waals surface area contributed by atoms with Gasteiger partial charge in [0.15, 0.2) is 11.0 Å². The lowest BCUT2D eigenvalue weighted by Crippen LogP contribution is -2.27. The number of aromatic nitrogens is 3. The summed E-state index contributed by atoms with van der Waals surface area (Å²) in [6, 6.07) is 0. The van der Waals surface area contributed by atoms with E-state index in [0.29, 0.717) is 23.6 Å². The molecular weight excluding hydrogens is 283 g/mol. The van der Waals surface area contributed by atoms with Crippen LogP contribution < -0.4 is 4.90 Å². The SMILES string of the molecule is Cc1nc(N2CCCOCC2)c2cnc(Cl)c(F)c2n1. The van der Waals surface area contributed by atoms with Gasteiger partial charge in [0.05, 0.1) is 12.0 Å². The van der Waals surface area contributed by atoms with Crippen molar-refractivity contribution < 1.29 is 9.13 Å². The van der Waals surface area contributed by atoms with Gasteiger partial charge in [0.1, 0.15) is 17.2 Å². The van der Waals surface area contributed by atoms with Crippen LogP contribution in [0.3, 0.4) is 0 Å². The fourth-order valence-electron chi connectivity index (χ4n) is 2.33. The number of hydrogen-bond acceptors (Lipinski definition) is 5. The molecule has 0 N–H and O–H groups in total. The van der Waals surface area contributed by atoms with Gasteiger partial charge in [-0.15, -0.1) is 0 Å². The van der Waals surface area contributed by atoms with Crippen LogP contribution in [0.5, 0.6) is 0 Å². The number of ether oxygens (including phenoxy) is 1. The Labute approximate surface area is 120 Å². The Morgan fingerprint density at radius 1 is 1.30 bits per heavy atom. The molecule has 5 nitrogen and oxygen atoms in total. The van der Waals surface area contributed by atoms with Crippen molar-refractivity contribution in [1.29, 1.82) is 0 Å². The molecule has 0 unspecified atom stereocenters. The molecule has 7 heteroatoms. The zero-order chi connectivity index (χ0) is 14.1. The first-order valence-corrected chi connectivity index (χ1v) is 6.85. The first-order chi connectivity index (χ1) is 9.66. The Morgan fingerprint density at radius 2 is 2.15 bits per heavy atom. The maximum absolute atomic E-state index is 14.1. The third-order valence-electron chi connectivity index (χ3n) is 3.26. The molecule has 1 aliphatic heterocycles. The van der Waals surface area contributed by atoms with Gasteiger partial charge < -0.3 is 9.64 Å². The Morgan fingerprint density at radius 3 is 3.00 bits per heavy atom. The van der Waals surface area contributed by atoms with E-state index in [1.807, 2.05) is 0 Å². The molecule has 3 heterocycles. The minimum absolute atomic E-state index is 0.166. The average Bonchev–Trinajstić information content (AvgIpc) is 2.71. The second kappa shape index (κ2) is 5.46. The zero-order valence-corrected chi connectivity index (χ0v) is 11.8. The maximum atomic E-state index is 14.1. The molecule has 20 heavy (non-hydrogen) atoms. The van der Waals surface area contributed by atoms with E-state index in [0.717, 1.165) is 26.1 Å². The zero-order valence-electron chi connectivity index (χ0n) is 11.1. The Hall–Kier alpha value is -1.53. The fraction of sp³-hybridized carbons (Fsp3) is 0.462. The second-order valence-electron chi connectivity index (χ2n) is 4.67. The molecular formula is C13H14ClFN4O. The standard InChI is InChI=1S/C13H14ClFN4O/c1-8-17-11-9(7-16-12(14)10(11)15)13(18-8)19-3-2-5-20-6-4-19/h7H,2-6H2,1H3. The van der Waals surface area contributed by atoms with E-state index in [1.165, 1.54) is 6.20 Å². The second-order valence-corrected chi connectivity index (χ2v) is 5.03. The van der Waals surface area contributed by atoms with Gasteiger partial charge in [-0.2, -0.15) is 0 Å². The molecule has 1 fully saturated rings. The summed E-state index contributed by atoms with van der Waals surface area (Å²) in [5.74, 6) is 0.613. The van der Waals surface area contributed by atoms with Crippen molar-refractivity contribution >= 4 is 28.3 Å². The molecule has 0 spiro atoms. The van der Waals surface area contributed by atoms with E-state index in [2.05, 4.69) is 19.9 Å². The van der Waals surface area contributed by atoms with Gasteiger partial charge in [0.2, 0.25) is 0 Å². The summed E-state index contributed by atoms with van der Waals surface area (Å²) in [5, 5.41) is 0.417. The van der Waals surface area contributed by atoms with E-state index in [9.17, 15) is 4.39 Å². The first-order valence-electron chi connectivity index (χ1n) is 6.48. The molecule has 2 aromatic heterocycles. The molecule has 1 aliphatic rings. The van der Waals surface area contributed by atoms with Gasteiger partial charge in [-0.1, -0.05) is 11.6 Å². The molecule has 106 valence electrons. The van der Waals surface area contributed by atoms with Gasteiger partial charge in [-0.25, -0.2) is 19.3 Å². The minimum atomic E-state index is -0.595. The highest BCUT2D eigenvalue weighted by Gasteiger charge is 2.19. The number of fused-ring (bicyclic) bond motifs is 1. The molecule has 0 amide bonds. The van der Waals surface area contributed by atoms with Crippen LogP contribution in [-0.2, 0) is 4.74 Å². The minimum Gasteiger partial charge on any atom is -0.380 e. The monoisotopic (exact) mass is 296 g/mol. The van der Waals surface area contributed by atoms with Gasteiger partial charge >= 0.3 is 0 Å². The van der Waals surface area contributed by atoms with Crippen LogP contribution in [-0.4, -0.2) is 41.3 Å². The summed E-state index contributed by atoms with van der Waals surface area (Å²) in [5.41, 5.74) is 0.220.